The van der Waals surface area contributed by atoms with E-state index in [0.29, 0.717) is 11.2 Å². The van der Waals surface area contributed by atoms with Crippen molar-refractivity contribution in [1.82, 2.24) is 0 Å². The third kappa shape index (κ3) is 5.57. The highest BCUT2D eigenvalue weighted by Crippen LogP contribution is 2.49. The second kappa shape index (κ2) is 13.5. The van der Waals surface area contributed by atoms with Gasteiger partial charge in [0.05, 0.1) is 0 Å². The molecule has 0 spiro atoms. The topological polar surface area (TPSA) is 60.4 Å². The van der Waals surface area contributed by atoms with Gasteiger partial charge in [0.25, 0.3) is 0 Å². The molecule has 4 nitrogen and oxygen atoms in total. The lowest BCUT2D eigenvalue weighted by atomic mass is 9.82. The highest BCUT2D eigenvalue weighted by molar-refractivity contribution is 5.83. The first-order valence-corrected chi connectivity index (χ1v) is 17.9. The van der Waals surface area contributed by atoms with Crippen LogP contribution in [0.3, 0.4) is 0 Å². The fraction of sp³-hybridized carbons (Fsp3) is 0.125. The molecule has 0 radical (unpaired) electrons. The van der Waals surface area contributed by atoms with Crippen molar-refractivity contribution in [2.45, 2.75) is 36.5 Å². The molecule has 6 aromatic carbocycles. The number of hydrogen-bond acceptors (Lipinski definition) is 4. The molecular formula is C48H36O4. The molecule has 0 N–H and O–H groups in total. The Morgan fingerprint density at radius 2 is 0.673 bits per heavy atom. The second-order valence-corrected chi connectivity index (χ2v) is 13.8. The van der Waals surface area contributed by atoms with Crippen molar-refractivity contribution < 1.29 is 8.83 Å². The zero-order valence-corrected chi connectivity index (χ0v) is 28.5. The van der Waals surface area contributed by atoms with Crippen molar-refractivity contribution in [3.05, 3.63) is 235 Å². The van der Waals surface area contributed by atoms with Crippen LogP contribution in [0.5, 0.6) is 0 Å². The van der Waals surface area contributed by atoms with Crippen LogP contribution in [0.15, 0.2) is 188 Å². The van der Waals surface area contributed by atoms with Gasteiger partial charge in [-0.2, -0.15) is 0 Å². The summed E-state index contributed by atoms with van der Waals surface area (Å²) in [6.07, 6.45) is 1.70. The molecule has 0 amide bonds. The van der Waals surface area contributed by atoms with E-state index < -0.39 is 0 Å². The van der Waals surface area contributed by atoms with Gasteiger partial charge in [-0.25, -0.2) is 9.59 Å². The minimum atomic E-state index is -0.203. The number of hydrogen-bond donors (Lipinski definition) is 0. The average Bonchev–Trinajstić information content (AvgIpc) is 3.82. The number of para-hydroxylation sites is 2. The van der Waals surface area contributed by atoms with E-state index in [0.717, 1.165) is 45.9 Å². The molecule has 0 fully saturated rings. The summed E-state index contributed by atoms with van der Waals surface area (Å²) in [5.41, 5.74) is 9.74. The van der Waals surface area contributed by atoms with Crippen LogP contribution in [-0.2, 0) is 12.8 Å². The molecule has 4 atom stereocenters. The van der Waals surface area contributed by atoms with Gasteiger partial charge >= 0.3 is 11.3 Å². The fourth-order valence-electron chi connectivity index (χ4n) is 8.74. The summed E-state index contributed by atoms with van der Waals surface area (Å²) in [7, 11) is 0. The molecule has 4 heteroatoms. The van der Waals surface area contributed by atoms with Crippen molar-refractivity contribution in [2.75, 3.05) is 0 Å². The Bertz CT molecular complexity index is 2440. The van der Waals surface area contributed by atoms with Crippen molar-refractivity contribution in [3.8, 4) is 0 Å². The van der Waals surface area contributed by atoms with Crippen LogP contribution >= 0.6 is 0 Å². The molecule has 0 saturated heterocycles. The third-order valence-electron chi connectivity index (χ3n) is 11.0. The van der Waals surface area contributed by atoms with E-state index in [4.69, 9.17) is 8.83 Å². The lowest BCUT2D eigenvalue weighted by Gasteiger charge is -2.20. The molecule has 252 valence electrons. The van der Waals surface area contributed by atoms with E-state index in [-0.39, 0.29) is 34.9 Å². The maximum Gasteiger partial charge on any atom is 0.340 e. The van der Waals surface area contributed by atoms with Gasteiger partial charge in [0.1, 0.15) is 11.2 Å². The normalized spacial score (nSPS) is 18.8. The minimum Gasteiger partial charge on any atom is -0.422 e. The summed E-state index contributed by atoms with van der Waals surface area (Å²) in [6, 6.07) is 57.4. The molecule has 52 heavy (non-hydrogen) atoms. The molecule has 2 aromatic heterocycles. The largest absolute Gasteiger partial charge is 0.422 e. The Hall–Kier alpha value is -6.26. The van der Waals surface area contributed by atoms with Gasteiger partial charge in [0.2, 0.25) is 0 Å². The Labute approximate surface area is 301 Å². The summed E-state index contributed by atoms with van der Waals surface area (Å²) in [4.78, 5) is 25.8. The van der Waals surface area contributed by atoms with Crippen molar-refractivity contribution in [3.63, 3.8) is 0 Å². The van der Waals surface area contributed by atoms with E-state index in [1.54, 1.807) is 0 Å². The van der Waals surface area contributed by atoms with Crippen molar-refractivity contribution in [1.29, 1.82) is 0 Å². The van der Waals surface area contributed by atoms with Crippen LogP contribution < -0.4 is 11.3 Å². The van der Waals surface area contributed by atoms with E-state index in [1.807, 2.05) is 84.9 Å². The molecule has 10 rings (SSSR count). The summed E-state index contributed by atoms with van der Waals surface area (Å²) in [6.45, 7) is 0. The summed E-state index contributed by atoms with van der Waals surface area (Å²) >= 11 is 0. The summed E-state index contributed by atoms with van der Waals surface area (Å²) in [5, 5.41) is 2.11. The lowest BCUT2D eigenvalue weighted by Crippen LogP contribution is -2.15. The first-order valence-electron chi connectivity index (χ1n) is 17.9. The maximum absolute atomic E-state index is 12.9. The maximum atomic E-state index is 12.9. The van der Waals surface area contributed by atoms with E-state index >= 15 is 0 Å². The molecule has 0 unspecified atom stereocenters. The SMILES string of the molecule is O=c1oc2ccccc2c2c1[C@@H](c1ccccc1)[C@H](c1ccccc1)C2.O=c1oc2ccccc2c2c1[C@H](c1ccccc1)[C@@H](c1ccccc1)C2. The second-order valence-electron chi connectivity index (χ2n) is 13.8. The van der Waals surface area contributed by atoms with Crippen molar-refractivity contribution >= 4 is 21.9 Å². The molecule has 2 aliphatic carbocycles. The highest BCUT2D eigenvalue weighted by atomic mass is 16.4. The predicted molar refractivity (Wildman–Crippen MR) is 207 cm³/mol. The quantitative estimate of drug-likeness (QED) is 0.174. The predicted octanol–water partition coefficient (Wildman–Crippen LogP) is 10.5. The highest BCUT2D eigenvalue weighted by Gasteiger charge is 2.40. The molecule has 2 aliphatic rings. The van der Waals surface area contributed by atoms with Crippen LogP contribution in [0.4, 0.5) is 0 Å². The molecular weight excluding hydrogens is 641 g/mol. The molecule has 0 bridgehead atoms. The van der Waals surface area contributed by atoms with Crippen LogP contribution in [0.1, 0.15) is 68.2 Å². The Kier molecular flexibility index (Phi) is 8.21. The van der Waals surface area contributed by atoms with E-state index in [1.165, 1.54) is 22.3 Å². The van der Waals surface area contributed by atoms with Gasteiger partial charge in [-0.1, -0.05) is 158 Å². The zero-order valence-electron chi connectivity index (χ0n) is 28.5. The van der Waals surface area contributed by atoms with E-state index in [2.05, 4.69) is 84.9 Å². The van der Waals surface area contributed by atoms with Gasteiger partial charge in [-0.3, -0.25) is 0 Å². The smallest absolute Gasteiger partial charge is 0.340 e. The molecule has 8 aromatic rings. The monoisotopic (exact) mass is 676 g/mol. The molecule has 2 heterocycles. The van der Waals surface area contributed by atoms with Gasteiger partial charge in [0, 0.05) is 33.7 Å². The number of fused-ring (bicyclic) bond motifs is 6. The van der Waals surface area contributed by atoms with Crippen LogP contribution in [-0.4, -0.2) is 0 Å². The average molecular weight is 677 g/mol. The zero-order chi connectivity index (χ0) is 35.0. The van der Waals surface area contributed by atoms with Crippen LogP contribution in [0, 0.1) is 0 Å². The van der Waals surface area contributed by atoms with Crippen molar-refractivity contribution in [2.24, 2.45) is 0 Å². The third-order valence-corrected chi connectivity index (χ3v) is 11.0. The van der Waals surface area contributed by atoms with Gasteiger partial charge in [-0.05, 0) is 70.2 Å². The molecule has 0 saturated carbocycles. The molecule has 0 aliphatic heterocycles. The Morgan fingerprint density at radius 3 is 1.04 bits per heavy atom. The van der Waals surface area contributed by atoms with Gasteiger partial charge in [-0.15, -0.1) is 0 Å². The Balaban J connectivity index is 0.000000138. The van der Waals surface area contributed by atoms with Gasteiger partial charge in [0.15, 0.2) is 0 Å². The van der Waals surface area contributed by atoms with Crippen LogP contribution in [0.25, 0.3) is 21.9 Å². The fourth-order valence-corrected chi connectivity index (χ4v) is 8.74. The Morgan fingerprint density at radius 1 is 0.365 bits per heavy atom. The first-order chi connectivity index (χ1) is 25.7. The number of benzene rings is 6. The summed E-state index contributed by atoms with van der Waals surface area (Å²) < 4.78 is 11.4. The van der Waals surface area contributed by atoms with Gasteiger partial charge < -0.3 is 8.83 Å². The number of rotatable bonds is 4. The first kappa shape index (κ1) is 31.7. The van der Waals surface area contributed by atoms with E-state index in [9.17, 15) is 9.59 Å². The standard InChI is InChI=1S/2C24H18O2/c2*25-24-23-20(18-13-7-8-14-21(18)26-24)15-19(16-9-3-1-4-10-16)22(23)17-11-5-2-6-12-17/h2*1-14,19,22H,15H2/t2*19-,22-/m10/s1. The summed E-state index contributed by atoms with van der Waals surface area (Å²) in [5.74, 6) is 0.522. The minimum absolute atomic E-state index is 0.0226. The lowest BCUT2D eigenvalue weighted by molar-refractivity contribution is 0.542. The van der Waals surface area contributed by atoms with Crippen LogP contribution in [0.2, 0.25) is 0 Å².